The van der Waals surface area contributed by atoms with Gasteiger partial charge in [0.2, 0.25) is 0 Å². The van der Waals surface area contributed by atoms with Crippen LogP contribution in [0.15, 0.2) is 42.5 Å². The summed E-state index contributed by atoms with van der Waals surface area (Å²) in [5.74, 6) is 1.73. The van der Waals surface area contributed by atoms with Crippen LogP contribution in [0.1, 0.15) is 33.3 Å². The van der Waals surface area contributed by atoms with E-state index in [0.717, 1.165) is 22.6 Å². The Hall–Kier alpha value is -1.96. The van der Waals surface area contributed by atoms with Crippen LogP contribution in [0.3, 0.4) is 0 Å². The molecule has 0 heterocycles. The third-order valence-electron chi connectivity index (χ3n) is 2.74. The lowest BCUT2D eigenvalue weighted by Crippen LogP contribution is -1.89. The molecule has 0 aliphatic rings. The largest absolute Gasteiger partial charge is 0.497 e. The SMILES string of the molecule is CC.CC.COc1cccc(-c2cc(C)ccc2OC)c1. The summed E-state index contributed by atoms with van der Waals surface area (Å²) in [7, 11) is 3.36. The number of rotatable bonds is 3. The fraction of sp³-hybridized carbons (Fsp3) is 0.368. The summed E-state index contributed by atoms with van der Waals surface area (Å²) in [4.78, 5) is 0. The molecule has 116 valence electrons. The summed E-state index contributed by atoms with van der Waals surface area (Å²) in [5, 5.41) is 0. The molecule has 0 aromatic heterocycles. The number of benzene rings is 2. The van der Waals surface area contributed by atoms with Crippen LogP contribution in [0.25, 0.3) is 11.1 Å². The molecule has 0 aliphatic carbocycles. The van der Waals surface area contributed by atoms with Crippen LogP contribution >= 0.6 is 0 Å². The standard InChI is InChI=1S/C15H16O2.2C2H6/c1-11-7-8-15(17-3)14(9-11)12-5-4-6-13(10-12)16-2;2*1-2/h4-10H,1-3H3;2*1-2H3. The summed E-state index contributed by atoms with van der Waals surface area (Å²) in [6.45, 7) is 10.1. The van der Waals surface area contributed by atoms with Crippen molar-refractivity contribution in [2.24, 2.45) is 0 Å². The summed E-state index contributed by atoms with van der Waals surface area (Å²) in [6.07, 6.45) is 0. The van der Waals surface area contributed by atoms with E-state index in [1.807, 2.05) is 58.0 Å². The molecule has 2 aromatic carbocycles. The maximum Gasteiger partial charge on any atom is 0.126 e. The van der Waals surface area contributed by atoms with Crippen molar-refractivity contribution < 1.29 is 9.47 Å². The second-order valence-corrected chi connectivity index (χ2v) is 3.94. The zero-order valence-corrected chi connectivity index (χ0v) is 14.4. The van der Waals surface area contributed by atoms with Gasteiger partial charge in [-0.15, -0.1) is 0 Å². The minimum atomic E-state index is 0.853. The highest BCUT2D eigenvalue weighted by atomic mass is 16.5. The van der Waals surface area contributed by atoms with Crippen LogP contribution in [0, 0.1) is 6.92 Å². The Bertz CT molecular complexity index is 519. The number of hydrogen-bond acceptors (Lipinski definition) is 2. The van der Waals surface area contributed by atoms with Crippen molar-refractivity contribution >= 4 is 0 Å². The first-order chi connectivity index (χ1) is 10.2. The zero-order chi connectivity index (χ0) is 16.3. The van der Waals surface area contributed by atoms with Crippen molar-refractivity contribution in [3.8, 4) is 22.6 Å². The van der Waals surface area contributed by atoms with Gasteiger partial charge in [-0.2, -0.15) is 0 Å². The molecular weight excluding hydrogens is 260 g/mol. The summed E-state index contributed by atoms with van der Waals surface area (Å²) < 4.78 is 10.6. The Morgan fingerprint density at radius 2 is 1.43 bits per heavy atom. The molecular formula is C19H28O2. The van der Waals surface area contributed by atoms with Gasteiger partial charge in [0, 0.05) is 5.56 Å². The Morgan fingerprint density at radius 3 is 2.00 bits per heavy atom. The molecule has 0 spiro atoms. The Kier molecular flexibility index (Phi) is 9.78. The van der Waals surface area contributed by atoms with Gasteiger partial charge in [0.1, 0.15) is 11.5 Å². The molecule has 0 bridgehead atoms. The van der Waals surface area contributed by atoms with Crippen molar-refractivity contribution in [3.63, 3.8) is 0 Å². The minimum Gasteiger partial charge on any atom is -0.497 e. The lowest BCUT2D eigenvalue weighted by atomic mass is 10.0. The summed E-state index contributed by atoms with van der Waals surface area (Å²) in [6, 6.07) is 14.1. The van der Waals surface area contributed by atoms with Crippen molar-refractivity contribution in [2.45, 2.75) is 34.6 Å². The normalized spacial score (nSPS) is 8.71. The van der Waals surface area contributed by atoms with Gasteiger partial charge >= 0.3 is 0 Å². The van der Waals surface area contributed by atoms with Crippen LogP contribution in [-0.2, 0) is 0 Å². The van der Waals surface area contributed by atoms with Crippen molar-refractivity contribution in [1.82, 2.24) is 0 Å². The van der Waals surface area contributed by atoms with E-state index in [2.05, 4.69) is 19.1 Å². The van der Waals surface area contributed by atoms with Gasteiger partial charge in [-0.05, 0) is 36.8 Å². The molecule has 0 fully saturated rings. The number of methoxy groups -OCH3 is 2. The van der Waals surface area contributed by atoms with E-state index >= 15 is 0 Å². The molecule has 2 aromatic rings. The van der Waals surface area contributed by atoms with Gasteiger partial charge in [0.15, 0.2) is 0 Å². The summed E-state index contributed by atoms with van der Waals surface area (Å²) >= 11 is 0. The van der Waals surface area contributed by atoms with Crippen LogP contribution in [0.4, 0.5) is 0 Å². The lowest BCUT2D eigenvalue weighted by molar-refractivity contribution is 0.413. The average molecular weight is 288 g/mol. The molecule has 0 atom stereocenters. The minimum absolute atomic E-state index is 0.853. The van der Waals surface area contributed by atoms with E-state index in [9.17, 15) is 0 Å². The van der Waals surface area contributed by atoms with Gasteiger partial charge < -0.3 is 9.47 Å². The predicted molar refractivity (Wildman–Crippen MR) is 92.4 cm³/mol. The van der Waals surface area contributed by atoms with Gasteiger partial charge in [-0.3, -0.25) is 0 Å². The van der Waals surface area contributed by atoms with Crippen LogP contribution in [0.5, 0.6) is 11.5 Å². The van der Waals surface area contributed by atoms with Crippen molar-refractivity contribution in [1.29, 1.82) is 0 Å². The Balaban J connectivity index is 0.000000921. The first-order valence-corrected chi connectivity index (χ1v) is 7.53. The van der Waals surface area contributed by atoms with Gasteiger partial charge in [-0.1, -0.05) is 51.5 Å². The predicted octanol–water partition coefficient (Wildman–Crippen LogP) is 5.73. The monoisotopic (exact) mass is 288 g/mol. The van der Waals surface area contributed by atoms with E-state index < -0.39 is 0 Å². The van der Waals surface area contributed by atoms with Crippen LogP contribution < -0.4 is 9.47 Å². The van der Waals surface area contributed by atoms with E-state index in [1.54, 1.807) is 14.2 Å². The third kappa shape index (κ3) is 5.50. The molecule has 21 heavy (non-hydrogen) atoms. The quantitative estimate of drug-likeness (QED) is 0.718. The van der Waals surface area contributed by atoms with E-state index in [4.69, 9.17) is 9.47 Å². The number of hydrogen-bond donors (Lipinski definition) is 0. The molecule has 0 saturated heterocycles. The fourth-order valence-corrected chi connectivity index (χ4v) is 1.84. The topological polar surface area (TPSA) is 18.5 Å². The molecule has 0 radical (unpaired) electrons. The highest BCUT2D eigenvalue weighted by Gasteiger charge is 2.06. The van der Waals surface area contributed by atoms with Gasteiger partial charge in [0.25, 0.3) is 0 Å². The zero-order valence-electron chi connectivity index (χ0n) is 14.4. The van der Waals surface area contributed by atoms with Crippen LogP contribution in [-0.4, -0.2) is 14.2 Å². The molecule has 2 rings (SSSR count). The third-order valence-corrected chi connectivity index (χ3v) is 2.74. The molecule has 2 nitrogen and oxygen atoms in total. The second-order valence-electron chi connectivity index (χ2n) is 3.94. The average Bonchev–Trinajstić information content (AvgIpc) is 2.58. The maximum atomic E-state index is 5.39. The highest BCUT2D eigenvalue weighted by molar-refractivity contribution is 5.72. The molecule has 0 aliphatic heterocycles. The smallest absolute Gasteiger partial charge is 0.126 e. The number of ether oxygens (including phenoxy) is 2. The first kappa shape index (κ1) is 19.0. The maximum absolute atomic E-state index is 5.39. The van der Waals surface area contributed by atoms with Gasteiger partial charge in [0.05, 0.1) is 14.2 Å². The van der Waals surface area contributed by atoms with E-state index in [-0.39, 0.29) is 0 Å². The van der Waals surface area contributed by atoms with Gasteiger partial charge in [-0.25, -0.2) is 0 Å². The molecule has 0 unspecified atom stereocenters. The molecule has 2 heteroatoms. The lowest BCUT2D eigenvalue weighted by Gasteiger charge is -2.10. The number of aryl methyl sites for hydroxylation is 1. The van der Waals surface area contributed by atoms with E-state index in [1.165, 1.54) is 5.56 Å². The van der Waals surface area contributed by atoms with Crippen molar-refractivity contribution in [3.05, 3.63) is 48.0 Å². The molecule has 0 N–H and O–H groups in total. The first-order valence-electron chi connectivity index (χ1n) is 7.53. The Morgan fingerprint density at radius 1 is 0.762 bits per heavy atom. The fourth-order valence-electron chi connectivity index (χ4n) is 1.84. The van der Waals surface area contributed by atoms with Crippen molar-refractivity contribution in [2.75, 3.05) is 14.2 Å². The second kappa shape index (κ2) is 10.8. The summed E-state index contributed by atoms with van der Waals surface area (Å²) in [5.41, 5.74) is 3.40. The highest BCUT2D eigenvalue weighted by Crippen LogP contribution is 2.32. The Labute approximate surface area is 129 Å². The van der Waals surface area contributed by atoms with E-state index in [0.29, 0.717) is 0 Å². The molecule has 0 saturated carbocycles. The van der Waals surface area contributed by atoms with Crippen LogP contribution in [0.2, 0.25) is 0 Å². The molecule has 0 amide bonds.